The van der Waals surface area contributed by atoms with Gasteiger partial charge < -0.3 is 10.2 Å². The average molecular weight is 345 g/mol. The zero-order chi connectivity index (χ0) is 17.5. The molecule has 0 bridgehead atoms. The molecular weight excluding hydrogens is 321 g/mol. The minimum absolute atomic E-state index is 0.0244. The Bertz CT molecular complexity index is 620. The van der Waals surface area contributed by atoms with Crippen LogP contribution in [0.25, 0.3) is 0 Å². The molecule has 0 aliphatic carbocycles. The van der Waals surface area contributed by atoms with E-state index in [1.807, 2.05) is 19.0 Å². The number of anilines is 1. The van der Waals surface area contributed by atoms with Gasteiger partial charge in [0.1, 0.15) is 5.82 Å². The Balaban J connectivity index is 2.60. The largest absolute Gasteiger partial charge is 0.356 e. The fourth-order valence-corrected chi connectivity index (χ4v) is 2.96. The summed E-state index contributed by atoms with van der Waals surface area (Å²) in [7, 11) is 0.223. The van der Waals surface area contributed by atoms with Crippen LogP contribution >= 0.6 is 0 Å². The molecule has 0 atom stereocenters. The van der Waals surface area contributed by atoms with E-state index in [-0.39, 0.29) is 24.6 Å². The smallest absolute Gasteiger partial charge is 0.232 e. The van der Waals surface area contributed by atoms with E-state index in [9.17, 15) is 17.6 Å². The Morgan fingerprint density at radius 3 is 2.43 bits per heavy atom. The van der Waals surface area contributed by atoms with Gasteiger partial charge >= 0.3 is 0 Å². The van der Waals surface area contributed by atoms with E-state index in [0.29, 0.717) is 6.54 Å². The van der Waals surface area contributed by atoms with Gasteiger partial charge in [-0.1, -0.05) is 12.1 Å². The normalized spacial score (nSPS) is 11.5. The Kier molecular flexibility index (Phi) is 7.44. The molecule has 1 N–H and O–H groups in total. The van der Waals surface area contributed by atoms with E-state index >= 15 is 0 Å². The van der Waals surface area contributed by atoms with Crippen LogP contribution in [0.15, 0.2) is 24.3 Å². The molecule has 23 heavy (non-hydrogen) atoms. The lowest BCUT2D eigenvalue weighted by atomic mass is 10.3. The van der Waals surface area contributed by atoms with Crippen molar-refractivity contribution >= 4 is 21.6 Å². The Morgan fingerprint density at radius 1 is 1.22 bits per heavy atom. The number of sulfonamides is 1. The van der Waals surface area contributed by atoms with E-state index < -0.39 is 15.8 Å². The highest BCUT2D eigenvalue weighted by Gasteiger charge is 2.21. The van der Waals surface area contributed by atoms with Crippen molar-refractivity contribution in [3.8, 4) is 0 Å². The van der Waals surface area contributed by atoms with Crippen molar-refractivity contribution in [3.63, 3.8) is 0 Å². The van der Waals surface area contributed by atoms with Gasteiger partial charge in [-0.05, 0) is 39.2 Å². The lowest BCUT2D eigenvalue weighted by molar-refractivity contribution is -0.120. The number of para-hydroxylation sites is 1. The van der Waals surface area contributed by atoms with Gasteiger partial charge in [0, 0.05) is 19.5 Å². The van der Waals surface area contributed by atoms with Crippen LogP contribution in [-0.2, 0) is 14.8 Å². The van der Waals surface area contributed by atoms with Crippen LogP contribution in [0.4, 0.5) is 10.1 Å². The molecule has 130 valence electrons. The number of halogens is 1. The number of hydrogen-bond donors (Lipinski definition) is 1. The molecule has 0 unspecified atom stereocenters. The molecule has 1 aromatic carbocycles. The van der Waals surface area contributed by atoms with Crippen LogP contribution in [0.5, 0.6) is 0 Å². The lowest BCUT2D eigenvalue weighted by Crippen LogP contribution is -2.35. The highest BCUT2D eigenvalue weighted by Crippen LogP contribution is 2.21. The number of nitrogens with one attached hydrogen (secondary N) is 1. The molecule has 1 amide bonds. The topological polar surface area (TPSA) is 69.7 Å². The third kappa shape index (κ3) is 6.96. The van der Waals surface area contributed by atoms with Gasteiger partial charge in [0.15, 0.2) is 0 Å². The number of carbonyl (C=O) groups is 1. The van der Waals surface area contributed by atoms with Crippen molar-refractivity contribution < 1.29 is 17.6 Å². The summed E-state index contributed by atoms with van der Waals surface area (Å²) in [6, 6.07) is 5.61. The second-order valence-corrected chi connectivity index (χ2v) is 7.45. The van der Waals surface area contributed by atoms with Gasteiger partial charge in [-0.2, -0.15) is 0 Å². The monoisotopic (exact) mass is 345 g/mol. The zero-order valence-corrected chi connectivity index (χ0v) is 14.6. The van der Waals surface area contributed by atoms with Crippen molar-refractivity contribution in [3.05, 3.63) is 30.1 Å². The third-order valence-electron chi connectivity index (χ3n) is 3.17. The SMILES string of the molecule is CN(C)CCCNC(=O)CCN(c1ccccc1F)S(C)(=O)=O. The first-order valence-electron chi connectivity index (χ1n) is 7.35. The summed E-state index contributed by atoms with van der Waals surface area (Å²) in [4.78, 5) is 13.8. The average Bonchev–Trinajstić information content (AvgIpc) is 2.44. The molecular formula is C15H24FN3O3S. The fourth-order valence-electron chi connectivity index (χ4n) is 2.03. The Labute approximate surface area is 137 Å². The molecule has 0 aliphatic rings. The van der Waals surface area contributed by atoms with Crippen molar-refractivity contribution in [2.75, 3.05) is 44.3 Å². The molecule has 0 aliphatic heterocycles. The minimum atomic E-state index is -3.67. The highest BCUT2D eigenvalue weighted by atomic mass is 32.2. The Morgan fingerprint density at radius 2 is 1.87 bits per heavy atom. The van der Waals surface area contributed by atoms with Gasteiger partial charge in [0.2, 0.25) is 15.9 Å². The van der Waals surface area contributed by atoms with Gasteiger partial charge in [0.25, 0.3) is 0 Å². The second kappa shape index (κ2) is 8.83. The first-order valence-corrected chi connectivity index (χ1v) is 9.20. The molecule has 8 heteroatoms. The van der Waals surface area contributed by atoms with Crippen LogP contribution in [0.1, 0.15) is 12.8 Å². The van der Waals surface area contributed by atoms with Crippen LogP contribution in [-0.4, -0.2) is 59.2 Å². The zero-order valence-electron chi connectivity index (χ0n) is 13.8. The summed E-state index contributed by atoms with van der Waals surface area (Å²) in [5, 5.41) is 2.73. The number of amides is 1. The molecule has 0 aromatic heterocycles. The maximum atomic E-state index is 13.8. The van der Waals surface area contributed by atoms with Crippen molar-refractivity contribution in [1.82, 2.24) is 10.2 Å². The molecule has 1 rings (SSSR count). The van der Waals surface area contributed by atoms with Crippen LogP contribution in [0, 0.1) is 5.82 Å². The number of carbonyl (C=O) groups excluding carboxylic acids is 1. The molecule has 0 fully saturated rings. The quantitative estimate of drug-likeness (QED) is 0.679. The van der Waals surface area contributed by atoms with Crippen LogP contribution < -0.4 is 9.62 Å². The van der Waals surface area contributed by atoms with Crippen molar-refractivity contribution in [2.24, 2.45) is 0 Å². The first-order chi connectivity index (χ1) is 10.7. The number of benzene rings is 1. The molecule has 0 saturated carbocycles. The molecule has 6 nitrogen and oxygen atoms in total. The van der Waals surface area contributed by atoms with Crippen LogP contribution in [0.3, 0.4) is 0 Å². The van der Waals surface area contributed by atoms with Crippen molar-refractivity contribution in [1.29, 1.82) is 0 Å². The molecule has 0 heterocycles. The first kappa shape index (κ1) is 19.4. The van der Waals surface area contributed by atoms with Crippen molar-refractivity contribution in [2.45, 2.75) is 12.8 Å². The summed E-state index contributed by atoms with van der Waals surface area (Å²) in [6.07, 6.45) is 1.78. The highest BCUT2D eigenvalue weighted by molar-refractivity contribution is 7.92. The summed E-state index contributed by atoms with van der Waals surface area (Å²) < 4.78 is 38.4. The van der Waals surface area contributed by atoms with E-state index in [4.69, 9.17) is 0 Å². The molecule has 0 saturated heterocycles. The maximum absolute atomic E-state index is 13.8. The van der Waals surface area contributed by atoms with E-state index in [0.717, 1.165) is 23.5 Å². The summed E-state index contributed by atoms with van der Waals surface area (Å²) in [6.45, 7) is 1.28. The number of hydrogen-bond acceptors (Lipinski definition) is 4. The lowest BCUT2D eigenvalue weighted by Gasteiger charge is -2.22. The maximum Gasteiger partial charge on any atom is 0.232 e. The predicted molar refractivity (Wildman–Crippen MR) is 89.4 cm³/mol. The standard InChI is InChI=1S/C15H24FN3O3S/c1-18(2)11-6-10-17-15(20)9-12-19(23(3,21)22)14-8-5-4-7-13(14)16/h4-5,7-8H,6,9-12H2,1-3H3,(H,17,20). The summed E-state index contributed by atoms with van der Waals surface area (Å²) >= 11 is 0. The van der Waals surface area contributed by atoms with Gasteiger partial charge in [-0.3, -0.25) is 9.10 Å². The number of nitrogens with zero attached hydrogens (tertiary/aromatic N) is 2. The molecule has 0 spiro atoms. The second-order valence-electron chi connectivity index (χ2n) is 5.54. The van der Waals surface area contributed by atoms with Gasteiger partial charge in [-0.25, -0.2) is 12.8 Å². The molecule has 0 radical (unpaired) electrons. The fraction of sp³-hybridized carbons (Fsp3) is 0.533. The van der Waals surface area contributed by atoms with Gasteiger partial charge in [0.05, 0.1) is 11.9 Å². The summed E-state index contributed by atoms with van der Waals surface area (Å²) in [5.41, 5.74) is -0.0459. The Hall–Kier alpha value is -1.67. The van der Waals surface area contributed by atoms with E-state index in [2.05, 4.69) is 5.32 Å². The van der Waals surface area contributed by atoms with Gasteiger partial charge in [-0.15, -0.1) is 0 Å². The minimum Gasteiger partial charge on any atom is -0.356 e. The predicted octanol–water partition coefficient (Wildman–Crippen LogP) is 1.05. The van der Waals surface area contributed by atoms with E-state index in [1.54, 1.807) is 6.07 Å². The summed E-state index contributed by atoms with van der Waals surface area (Å²) in [5.74, 6) is -0.891. The van der Waals surface area contributed by atoms with E-state index in [1.165, 1.54) is 18.2 Å². The third-order valence-corrected chi connectivity index (χ3v) is 4.35. The molecule has 1 aromatic rings. The number of rotatable bonds is 9. The van der Waals surface area contributed by atoms with Crippen LogP contribution in [0.2, 0.25) is 0 Å².